The lowest BCUT2D eigenvalue weighted by molar-refractivity contribution is -0.117. The van der Waals surface area contributed by atoms with Crippen LogP contribution in [0.3, 0.4) is 0 Å². The van der Waals surface area contributed by atoms with Crippen LogP contribution in [0, 0.1) is 11.3 Å². The number of carbonyl (C=O) groups is 1. The van der Waals surface area contributed by atoms with Crippen molar-refractivity contribution in [2.24, 2.45) is 0 Å². The second-order valence-electron chi connectivity index (χ2n) is 6.29. The Labute approximate surface area is 144 Å². The smallest absolute Gasteiger partial charge is 0.263 e. The predicted molar refractivity (Wildman–Crippen MR) is 96.2 cm³/mol. The van der Waals surface area contributed by atoms with Gasteiger partial charge in [-0.3, -0.25) is 4.79 Å². The minimum Gasteiger partial charge on any atom is -0.383 e. The number of nitriles is 1. The van der Waals surface area contributed by atoms with Crippen molar-refractivity contribution in [1.29, 1.82) is 5.26 Å². The molecule has 0 bridgehead atoms. The van der Waals surface area contributed by atoms with E-state index in [2.05, 4.69) is 35.8 Å². The largest absolute Gasteiger partial charge is 0.383 e. The lowest BCUT2D eigenvalue weighted by atomic mass is 9.89. The SMILES string of the molecule is CCCNC(=O)/C(C#N)=C\NC(CC)c1ccc2c(c1)CCCC2. The Balaban J connectivity index is 2.09. The number of rotatable bonds is 7. The maximum atomic E-state index is 11.9. The number of nitrogens with zero attached hydrogens (tertiary/aromatic N) is 1. The van der Waals surface area contributed by atoms with Gasteiger partial charge in [-0.2, -0.15) is 5.26 Å². The van der Waals surface area contributed by atoms with E-state index >= 15 is 0 Å². The Hall–Kier alpha value is -2.28. The highest BCUT2D eigenvalue weighted by Gasteiger charge is 2.14. The van der Waals surface area contributed by atoms with Gasteiger partial charge in [0.2, 0.25) is 0 Å². The molecular formula is C20H27N3O. The highest BCUT2D eigenvalue weighted by Crippen LogP contribution is 2.26. The van der Waals surface area contributed by atoms with Gasteiger partial charge in [0.25, 0.3) is 5.91 Å². The minimum absolute atomic E-state index is 0.111. The third-order valence-electron chi connectivity index (χ3n) is 4.51. The number of aryl methyl sites for hydroxylation is 2. The van der Waals surface area contributed by atoms with Crippen LogP contribution < -0.4 is 10.6 Å². The Morgan fingerprint density at radius 3 is 2.71 bits per heavy atom. The third-order valence-corrected chi connectivity index (χ3v) is 4.51. The van der Waals surface area contributed by atoms with Crippen LogP contribution in [0.25, 0.3) is 0 Å². The van der Waals surface area contributed by atoms with Crippen LogP contribution >= 0.6 is 0 Å². The van der Waals surface area contributed by atoms with Gasteiger partial charge in [-0.05, 0) is 55.2 Å². The fourth-order valence-electron chi connectivity index (χ4n) is 3.09. The van der Waals surface area contributed by atoms with Gasteiger partial charge in [0.15, 0.2) is 0 Å². The number of hydrogen-bond donors (Lipinski definition) is 2. The lowest BCUT2D eigenvalue weighted by Crippen LogP contribution is -2.27. The summed E-state index contributed by atoms with van der Waals surface area (Å²) >= 11 is 0. The first kappa shape index (κ1) is 18.1. The average Bonchev–Trinajstić information content (AvgIpc) is 2.63. The number of benzene rings is 1. The molecular weight excluding hydrogens is 298 g/mol. The van der Waals surface area contributed by atoms with Crippen molar-refractivity contribution in [3.63, 3.8) is 0 Å². The molecule has 4 nitrogen and oxygen atoms in total. The molecule has 0 aromatic heterocycles. The van der Waals surface area contributed by atoms with Crippen molar-refractivity contribution in [2.75, 3.05) is 6.54 Å². The number of hydrogen-bond acceptors (Lipinski definition) is 3. The second-order valence-corrected chi connectivity index (χ2v) is 6.29. The van der Waals surface area contributed by atoms with Crippen LogP contribution in [0.5, 0.6) is 0 Å². The summed E-state index contributed by atoms with van der Waals surface area (Å²) in [5.74, 6) is -0.313. The molecule has 1 amide bonds. The molecule has 1 aliphatic rings. The number of carbonyl (C=O) groups excluding carboxylic acids is 1. The van der Waals surface area contributed by atoms with Crippen molar-refractivity contribution in [2.45, 2.75) is 58.4 Å². The van der Waals surface area contributed by atoms with Crippen molar-refractivity contribution < 1.29 is 4.79 Å². The van der Waals surface area contributed by atoms with Crippen LogP contribution in [0.4, 0.5) is 0 Å². The van der Waals surface area contributed by atoms with Crippen LogP contribution in [-0.4, -0.2) is 12.5 Å². The summed E-state index contributed by atoms with van der Waals surface area (Å²) in [5.41, 5.74) is 4.26. The van der Waals surface area contributed by atoms with Crippen LogP contribution in [0.1, 0.15) is 62.3 Å². The quantitative estimate of drug-likeness (QED) is 0.595. The fourth-order valence-corrected chi connectivity index (χ4v) is 3.09. The van der Waals surface area contributed by atoms with Gasteiger partial charge < -0.3 is 10.6 Å². The van der Waals surface area contributed by atoms with Crippen molar-refractivity contribution in [1.82, 2.24) is 10.6 Å². The molecule has 2 N–H and O–H groups in total. The predicted octanol–water partition coefficient (Wildman–Crippen LogP) is 3.54. The molecule has 1 aromatic rings. The van der Waals surface area contributed by atoms with Gasteiger partial charge in [-0.1, -0.05) is 32.0 Å². The first-order chi connectivity index (χ1) is 11.7. The molecule has 1 unspecified atom stereocenters. The minimum atomic E-state index is -0.313. The summed E-state index contributed by atoms with van der Waals surface area (Å²) < 4.78 is 0. The zero-order valence-electron chi connectivity index (χ0n) is 14.7. The molecule has 0 heterocycles. The summed E-state index contributed by atoms with van der Waals surface area (Å²) in [6.07, 6.45) is 8.17. The van der Waals surface area contributed by atoms with Crippen molar-refractivity contribution in [3.05, 3.63) is 46.7 Å². The lowest BCUT2D eigenvalue weighted by Gasteiger charge is -2.21. The Morgan fingerprint density at radius 2 is 2.04 bits per heavy atom. The molecule has 1 aromatic carbocycles. The molecule has 128 valence electrons. The van der Waals surface area contributed by atoms with Gasteiger partial charge >= 0.3 is 0 Å². The van der Waals surface area contributed by atoms with Crippen LogP contribution in [-0.2, 0) is 17.6 Å². The van der Waals surface area contributed by atoms with E-state index in [9.17, 15) is 10.1 Å². The summed E-state index contributed by atoms with van der Waals surface area (Å²) in [7, 11) is 0. The first-order valence-corrected chi connectivity index (χ1v) is 8.95. The van der Waals surface area contributed by atoms with Crippen molar-refractivity contribution in [3.8, 4) is 6.07 Å². The van der Waals surface area contributed by atoms with E-state index in [4.69, 9.17) is 0 Å². The Kier molecular flexibility index (Phi) is 6.87. The van der Waals surface area contributed by atoms with Gasteiger partial charge in [-0.25, -0.2) is 0 Å². The third kappa shape index (κ3) is 4.61. The molecule has 24 heavy (non-hydrogen) atoms. The molecule has 0 aliphatic heterocycles. The first-order valence-electron chi connectivity index (χ1n) is 8.95. The molecule has 1 atom stereocenters. The zero-order valence-corrected chi connectivity index (χ0v) is 14.7. The molecule has 4 heteroatoms. The Bertz CT molecular complexity index is 643. The summed E-state index contributed by atoms with van der Waals surface area (Å²) in [4.78, 5) is 11.9. The van der Waals surface area contributed by atoms with E-state index in [1.54, 1.807) is 6.20 Å². The molecule has 0 fully saturated rings. The number of amides is 1. The Morgan fingerprint density at radius 1 is 1.29 bits per heavy atom. The van der Waals surface area contributed by atoms with E-state index in [1.807, 2.05) is 13.0 Å². The van der Waals surface area contributed by atoms with E-state index in [0.29, 0.717) is 6.54 Å². The maximum absolute atomic E-state index is 11.9. The van der Waals surface area contributed by atoms with Crippen LogP contribution in [0.15, 0.2) is 30.0 Å². The molecule has 1 aliphatic carbocycles. The highest BCUT2D eigenvalue weighted by molar-refractivity contribution is 5.97. The highest BCUT2D eigenvalue weighted by atomic mass is 16.1. The maximum Gasteiger partial charge on any atom is 0.263 e. The van der Waals surface area contributed by atoms with Crippen LogP contribution in [0.2, 0.25) is 0 Å². The molecule has 0 radical (unpaired) electrons. The summed E-state index contributed by atoms with van der Waals surface area (Å²) in [5, 5.41) is 15.2. The van der Waals surface area contributed by atoms with Gasteiger partial charge in [0.05, 0.1) is 6.04 Å². The normalized spacial score (nSPS) is 15.1. The van der Waals surface area contributed by atoms with Gasteiger partial charge in [0.1, 0.15) is 11.6 Å². The van der Waals surface area contributed by atoms with E-state index in [-0.39, 0.29) is 17.5 Å². The summed E-state index contributed by atoms with van der Waals surface area (Å²) in [6, 6.07) is 8.78. The van der Waals surface area contributed by atoms with E-state index < -0.39 is 0 Å². The van der Waals surface area contributed by atoms with Gasteiger partial charge in [0, 0.05) is 12.7 Å². The molecule has 0 saturated heterocycles. The number of nitrogens with one attached hydrogen (secondary N) is 2. The molecule has 2 rings (SSSR count). The second kappa shape index (κ2) is 9.12. The molecule has 0 spiro atoms. The molecule has 0 saturated carbocycles. The standard InChI is InChI=1S/C20H27N3O/c1-3-11-22-20(24)18(13-21)14-23-19(4-2)17-10-9-15-7-5-6-8-16(15)12-17/h9-10,12,14,19,23H,3-8,11H2,1-2H3,(H,22,24)/b18-14-. The van der Waals surface area contributed by atoms with E-state index in [1.165, 1.54) is 36.0 Å². The topological polar surface area (TPSA) is 64.9 Å². The number of fused-ring (bicyclic) bond motifs is 1. The van der Waals surface area contributed by atoms with Gasteiger partial charge in [-0.15, -0.1) is 0 Å². The zero-order chi connectivity index (χ0) is 17.4. The monoisotopic (exact) mass is 325 g/mol. The van der Waals surface area contributed by atoms with Crippen molar-refractivity contribution >= 4 is 5.91 Å². The fraction of sp³-hybridized carbons (Fsp3) is 0.500. The average molecular weight is 325 g/mol. The summed E-state index contributed by atoms with van der Waals surface area (Å²) in [6.45, 7) is 4.67. The van der Waals surface area contributed by atoms with E-state index in [0.717, 1.165) is 19.3 Å².